The first kappa shape index (κ1) is 55.0. The zero-order valence-electron chi connectivity index (χ0n) is 50.7. The van der Waals surface area contributed by atoms with Gasteiger partial charge in [0.05, 0.1) is 20.4 Å². The van der Waals surface area contributed by atoms with Crippen LogP contribution in [0.4, 0.5) is 0 Å². The highest BCUT2D eigenvalue weighted by Gasteiger charge is 2.26. The number of hydrogen-bond acceptors (Lipinski definition) is 4. The molecule has 92 heavy (non-hydrogen) atoms. The first-order valence-electron chi connectivity index (χ1n) is 31.4. The highest BCUT2D eigenvalue weighted by Crippen LogP contribution is 2.54. The zero-order chi connectivity index (χ0) is 61.2. The van der Waals surface area contributed by atoms with Gasteiger partial charge in [-0.3, -0.25) is 0 Å². The Hall–Kier alpha value is -11.1. The maximum absolute atomic E-state index is 5.06. The van der Waals surface area contributed by atoms with E-state index in [2.05, 4.69) is 329 Å². The Bertz CT molecular complexity index is 5610. The van der Waals surface area contributed by atoms with Crippen LogP contribution in [0.15, 0.2) is 315 Å². The lowest BCUT2D eigenvalue weighted by molar-refractivity contribution is 1.45. The molecular formula is C88H58N2S2. The molecular weight excluding hydrogens is 1150 g/mol. The molecule has 0 aliphatic carbocycles. The van der Waals surface area contributed by atoms with E-state index in [9.17, 15) is 0 Å². The number of fused-ring (bicyclic) bond motifs is 8. The molecule has 0 saturated carbocycles. The summed E-state index contributed by atoms with van der Waals surface area (Å²) in [6, 6.07) is 115. The first-order valence-corrected chi connectivity index (χ1v) is 33.1. The normalized spacial score (nSPS) is 11.6. The van der Waals surface area contributed by atoms with E-state index in [0.717, 1.165) is 32.2 Å². The van der Waals surface area contributed by atoms with E-state index in [1.807, 2.05) is 0 Å². The minimum atomic E-state index is 1.04. The monoisotopic (exact) mass is 1210 g/mol. The Morgan fingerprint density at radius 3 is 0.989 bits per heavy atom. The molecule has 18 rings (SSSR count). The lowest BCUT2D eigenvalue weighted by Crippen LogP contribution is -1.97. The van der Waals surface area contributed by atoms with Crippen LogP contribution in [0.3, 0.4) is 0 Å². The molecule has 16 aromatic carbocycles. The molecule has 0 fully saturated rings. The Balaban J connectivity index is 0.000000180. The molecule has 2 aromatic heterocycles. The van der Waals surface area contributed by atoms with Gasteiger partial charge >= 0.3 is 0 Å². The number of nitrogens with zero attached hydrogens (tertiary/aromatic N) is 2. The van der Waals surface area contributed by atoms with Gasteiger partial charge in [-0.05, 0) is 205 Å². The molecule has 2 nitrogen and oxygen atoms in total. The Morgan fingerprint density at radius 2 is 0.565 bits per heavy atom. The maximum Gasteiger partial charge on any atom is 0.124 e. The van der Waals surface area contributed by atoms with Crippen LogP contribution in [-0.4, -0.2) is 9.97 Å². The third-order valence-corrected chi connectivity index (χ3v) is 20.4. The van der Waals surface area contributed by atoms with Crippen molar-refractivity contribution in [3.63, 3.8) is 0 Å². The average Bonchev–Trinajstić information content (AvgIpc) is 0.824. The summed E-state index contributed by atoms with van der Waals surface area (Å²) >= 11 is 3.52. The highest BCUT2D eigenvalue weighted by molar-refractivity contribution is 7.22. The fraction of sp³-hybridized carbons (Fsp3) is 0.0227. The molecule has 4 heteroatoms. The van der Waals surface area contributed by atoms with Crippen molar-refractivity contribution in [2.45, 2.75) is 13.8 Å². The standard InChI is InChI=1S/C58H38N2S2.C30H20/c1-35-21-31-47-49(33-35)61-57(59-47)41-27-23-39(24-28-41)53-45-19-11-12-20-46(45)54(40-25-29-42(30-26-40)58-60-48-32-22-36(2)34-50(48)62-58)56-52(38-15-7-4-8-16-38)44-18-10-9-17-43(44)51(55(53)56)37-13-5-3-6-14-37;1-3-9-21(10-4-1)28-16-15-25-19-26-17-23-13-7-8-14-24(23)18-27(26)20-29(25)30(28)22-11-5-2-6-12-22/h3-34H,1-2H3;1-20H. The molecule has 0 spiro atoms. The molecule has 0 aliphatic rings. The summed E-state index contributed by atoms with van der Waals surface area (Å²) in [5.41, 5.74) is 21.6. The summed E-state index contributed by atoms with van der Waals surface area (Å²) in [5, 5.41) is 17.2. The van der Waals surface area contributed by atoms with E-state index in [0.29, 0.717) is 0 Å². The molecule has 0 unspecified atom stereocenters. The van der Waals surface area contributed by atoms with Crippen LogP contribution in [-0.2, 0) is 0 Å². The Labute approximate surface area is 542 Å². The zero-order valence-corrected chi connectivity index (χ0v) is 52.4. The number of hydrogen-bond donors (Lipinski definition) is 0. The van der Waals surface area contributed by atoms with Gasteiger partial charge < -0.3 is 0 Å². The number of benzene rings is 16. The summed E-state index contributed by atoms with van der Waals surface area (Å²) < 4.78 is 2.43. The van der Waals surface area contributed by atoms with Crippen LogP contribution in [0.25, 0.3) is 173 Å². The second-order valence-corrected chi connectivity index (χ2v) is 26.1. The molecule has 18 aromatic rings. The van der Waals surface area contributed by atoms with Crippen molar-refractivity contribution in [1.82, 2.24) is 9.97 Å². The number of rotatable bonds is 8. The van der Waals surface area contributed by atoms with Gasteiger partial charge in [0, 0.05) is 11.1 Å². The molecule has 432 valence electrons. The van der Waals surface area contributed by atoms with Gasteiger partial charge in [-0.1, -0.05) is 267 Å². The van der Waals surface area contributed by atoms with Gasteiger partial charge in [0.15, 0.2) is 0 Å². The lowest BCUT2D eigenvalue weighted by atomic mass is 9.77. The number of aromatic nitrogens is 2. The number of thiazole rings is 2. The summed E-state index contributed by atoms with van der Waals surface area (Å²) in [4.78, 5) is 10.1. The second-order valence-electron chi connectivity index (χ2n) is 24.0. The third-order valence-electron chi connectivity index (χ3n) is 18.2. The largest absolute Gasteiger partial charge is 0.236 e. The molecule has 0 saturated heterocycles. The maximum atomic E-state index is 5.06. The summed E-state index contributed by atoms with van der Waals surface area (Å²) in [6.45, 7) is 4.28. The molecule has 2 heterocycles. The van der Waals surface area contributed by atoms with E-state index in [1.165, 1.54) is 152 Å². The van der Waals surface area contributed by atoms with Gasteiger partial charge in [-0.2, -0.15) is 0 Å². The van der Waals surface area contributed by atoms with Crippen molar-refractivity contribution < 1.29 is 0 Å². The topological polar surface area (TPSA) is 25.8 Å². The van der Waals surface area contributed by atoms with Gasteiger partial charge in [-0.15, -0.1) is 22.7 Å². The van der Waals surface area contributed by atoms with Gasteiger partial charge in [0.1, 0.15) is 10.0 Å². The van der Waals surface area contributed by atoms with Gasteiger partial charge in [-0.25, -0.2) is 9.97 Å². The number of aryl methyl sites for hydroxylation is 2. The predicted molar refractivity (Wildman–Crippen MR) is 397 cm³/mol. The van der Waals surface area contributed by atoms with Crippen LogP contribution >= 0.6 is 22.7 Å². The van der Waals surface area contributed by atoms with E-state index < -0.39 is 0 Å². The van der Waals surface area contributed by atoms with Crippen LogP contribution in [0, 0.1) is 13.8 Å². The third kappa shape index (κ3) is 9.80. The van der Waals surface area contributed by atoms with Crippen molar-refractivity contribution in [2.24, 2.45) is 0 Å². The van der Waals surface area contributed by atoms with Crippen molar-refractivity contribution >= 4 is 108 Å². The van der Waals surface area contributed by atoms with E-state index in [-0.39, 0.29) is 0 Å². The van der Waals surface area contributed by atoms with Crippen LogP contribution in [0.1, 0.15) is 11.1 Å². The molecule has 0 bridgehead atoms. The van der Waals surface area contributed by atoms with Crippen LogP contribution < -0.4 is 0 Å². The lowest BCUT2D eigenvalue weighted by Gasteiger charge is -2.25. The molecule has 0 aliphatic heterocycles. The fourth-order valence-corrected chi connectivity index (χ4v) is 16.1. The van der Waals surface area contributed by atoms with E-state index in [4.69, 9.17) is 9.97 Å². The van der Waals surface area contributed by atoms with Crippen molar-refractivity contribution in [3.8, 4) is 87.9 Å². The molecule has 0 N–H and O–H groups in total. The van der Waals surface area contributed by atoms with E-state index >= 15 is 0 Å². The summed E-state index contributed by atoms with van der Waals surface area (Å²) in [6.07, 6.45) is 0. The Morgan fingerprint density at radius 1 is 0.228 bits per heavy atom. The molecule has 0 amide bonds. The SMILES string of the molecule is Cc1ccc2nc(-c3ccc(-c4c5ccccc5c(-c5ccc(-c6nc7ccc(C)cc7s6)cc5)c5c(-c6ccccc6)c6ccccc6c(-c6ccccc6)c45)cc3)sc2c1.c1ccc(-c2ccc3cc4cc5ccccc5cc4cc3c2-c2ccccc2)cc1. The van der Waals surface area contributed by atoms with Gasteiger partial charge in [0.25, 0.3) is 0 Å². The molecule has 0 radical (unpaired) electrons. The van der Waals surface area contributed by atoms with Crippen molar-refractivity contribution in [2.75, 3.05) is 0 Å². The minimum absolute atomic E-state index is 1.04. The second kappa shape index (κ2) is 23.0. The van der Waals surface area contributed by atoms with Crippen LogP contribution in [0.5, 0.6) is 0 Å². The van der Waals surface area contributed by atoms with Crippen LogP contribution in [0.2, 0.25) is 0 Å². The summed E-state index contributed by atoms with van der Waals surface area (Å²) in [5.74, 6) is 0. The first-order chi connectivity index (χ1) is 45.4. The predicted octanol–water partition coefficient (Wildman–Crippen LogP) is 25.5. The Kier molecular flexibility index (Phi) is 13.8. The summed E-state index contributed by atoms with van der Waals surface area (Å²) in [7, 11) is 0. The van der Waals surface area contributed by atoms with Crippen molar-refractivity contribution in [3.05, 3.63) is 327 Å². The fourth-order valence-electron chi connectivity index (χ4n) is 13.9. The minimum Gasteiger partial charge on any atom is -0.236 e. The average molecular weight is 1210 g/mol. The van der Waals surface area contributed by atoms with Gasteiger partial charge in [0.2, 0.25) is 0 Å². The highest BCUT2D eigenvalue weighted by atomic mass is 32.1. The molecule has 0 atom stereocenters. The smallest absolute Gasteiger partial charge is 0.124 e. The quantitative estimate of drug-likeness (QED) is 0.142. The van der Waals surface area contributed by atoms with E-state index in [1.54, 1.807) is 22.7 Å². The van der Waals surface area contributed by atoms with Crippen molar-refractivity contribution in [1.29, 1.82) is 0 Å².